The van der Waals surface area contributed by atoms with E-state index in [0.717, 1.165) is 16.7 Å². The van der Waals surface area contributed by atoms with E-state index in [4.69, 9.17) is 0 Å². The fourth-order valence-electron chi connectivity index (χ4n) is 2.27. The van der Waals surface area contributed by atoms with Crippen molar-refractivity contribution in [1.82, 2.24) is 19.4 Å². The van der Waals surface area contributed by atoms with Crippen LogP contribution in [0.1, 0.15) is 23.7 Å². The summed E-state index contributed by atoms with van der Waals surface area (Å²) in [6.07, 6.45) is 4.27. The average Bonchev–Trinajstić information content (AvgIpc) is 2.50. The van der Waals surface area contributed by atoms with Crippen molar-refractivity contribution in [3.05, 3.63) is 62.2 Å². The monoisotopic (exact) mass is 288 g/mol. The number of nitrogens with one attached hydrogen (secondary N) is 1. The Morgan fingerprint density at radius 1 is 1.19 bits per heavy atom. The first-order valence-corrected chi connectivity index (χ1v) is 6.93. The Hall–Kier alpha value is -2.21. The van der Waals surface area contributed by atoms with Crippen LogP contribution >= 0.6 is 0 Å². The van der Waals surface area contributed by atoms with E-state index in [2.05, 4.69) is 23.3 Å². The quantitative estimate of drug-likeness (QED) is 0.861. The van der Waals surface area contributed by atoms with Crippen molar-refractivity contribution in [1.29, 1.82) is 0 Å². The van der Waals surface area contributed by atoms with Crippen molar-refractivity contribution in [3.63, 3.8) is 0 Å². The maximum absolute atomic E-state index is 12.0. The minimum Gasteiger partial charge on any atom is -0.307 e. The summed E-state index contributed by atoms with van der Waals surface area (Å²) in [6, 6.07) is 3.97. The molecular formula is C15H20N4O2. The highest BCUT2D eigenvalue weighted by molar-refractivity contribution is 5.19. The third-order valence-corrected chi connectivity index (χ3v) is 3.49. The Labute approximate surface area is 123 Å². The lowest BCUT2D eigenvalue weighted by Gasteiger charge is -2.09. The maximum atomic E-state index is 12.0. The number of nitrogens with zero attached hydrogens (tertiary/aromatic N) is 3. The Morgan fingerprint density at radius 2 is 1.95 bits per heavy atom. The molecule has 0 aliphatic heterocycles. The summed E-state index contributed by atoms with van der Waals surface area (Å²) in [6.45, 7) is 3.08. The van der Waals surface area contributed by atoms with E-state index in [-0.39, 0.29) is 11.2 Å². The molecule has 2 aromatic rings. The maximum Gasteiger partial charge on any atom is 0.330 e. The second kappa shape index (κ2) is 6.49. The van der Waals surface area contributed by atoms with E-state index in [0.29, 0.717) is 18.7 Å². The zero-order chi connectivity index (χ0) is 15.4. The van der Waals surface area contributed by atoms with Gasteiger partial charge < -0.3 is 9.88 Å². The van der Waals surface area contributed by atoms with Gasteiger partial charge >= 0.3 is 5.69 Å². The Kier molecular flexibility index (Phi) is 4.70. The smallest absolute Gasteiger partial charge is 0.307 e. The average molecular weight is 288 g/mol. The van der Waals surface area contributed by atoms with Crippen LogP contribution in [0, 0.1) is 0 Å². The molecule has 0 bridgehead atoms. The first kappa shape index (κ1) is 15.2. The van der Waals surface area contributed by atoms with Gasteiger partial charge in [0.2, 0.25) is 0 Å². The molecule has 0 saturated carbocycles. The molecule has 0 atom stereocenters. The van der Waals surface area contributed by atoms with Crippen LogP contribution in [0.15, 0.2) is 34.1 Å². The lowest BCUT2D eigenvalue weighted by atomic mass is 10.1. The van der Waals surface area contributed by atoms with E-state index in [1.807, 2.05) is 6.07 Å². The van der Waals surface area contributed by atoms with Gasteiger partial charge in [-0.05, 0) is 18.1 Å². The second-order valence-electron chi connectivity index (χ2n) is 4.98. The molecule has 0 amide bonds. The highest BCUT2D eigenvalue weighted by Gasteiger charge is 2.07. The number of pyridine rings is 1. The van der Waals surface area contributed by atoms with Gasteiger partial charge in [-0.15, -0.1) is 0 Å². The summed E-state index contributed by atoms with van der Waals surface area (Å²) in [5.41, 5.74) is 2.16. The topological polar surface area (TPSA) is 68.9 Å². The fourth-order valence-corrected chi connectivity index (χ4v) is 2.27. The number of aryl methyl sites for hydroxylation is 2. The van der Waals surface area contributed by atoms with E-state index in [1.165, 1.54) is 17.2 Å². The zero-order valence-electron chi connectivity index (χ0n) is 12.6. The van der Waals surface area contributed by atoms with Crippen molar-refractivity contribution in [3.8, 4) is 0 Å². The molecule has 2 rings (SSSR count). The molecule has 21 heavy (non-hydrogen) atoms. The molecule has 0 spiro atoms. The van der Waals surface area contributed by atoms with Crippen molar-refractivity contribution in [2.24, 2.45) is 14.1 Å². The molecule has 2 aromatic heterocycles. The van der Waals surface area contributed by atoms with Crippen molar-refractivity contribution >= 4 is 0 Å². The highest BCUT2D eigenvalue weighted by Crippen LogP contribution is 2.05. The van der Waals surface area contributed by atoms with Crippen molar-refractivity contribution < 1.29 is 0 Å². The van der Waals surface area contributed by atoms with Gasteiger partial charge in [-0.3, -0.25) is 14.3 Å². The molecule has 0 aromatic carbocycles. The van der Waals surface area contributed by atoms with E-state index in [1.54, 1.807) is 19.4 Å². The van der Waals surface area contributed by atoms with Gasteiger partial charge in [-0.25, -0.2) is 4.79 Å². The van der Waals surface area contributed by atoms with E-state index < -0.39 is 0 Å². The number of hydrogen-bond donors (Lipinski definition) is 1. The fraction of sp³-hybridized carbons (Fsp3) is 0.400. The van der Waals surface area contributed by atoms with Crippen LogP contribution in [0.2, 0.25) is 0 Å². The van der Waals surface area contributed by atoms with Gasteiger partial charge in [0.1, 0.15) is 0 Å². The second-order valence-corrected chi connectivity index (χ2v) is 4.98. The molecule has 0 aliphatic rings. The SMILES string of the molecule is CCc1cccnc1CNCc1cn(C)c(=O)n(C)c1=O. The summed E-state index contributed by atoms with van der Waals surface area (Å²) in [4.78, 5) is 28.0. The third-order valence-electron chi connectivity index (χ3n) is 3.49. The molecule has 0 aliphatic carbocycles. The summed E-state index contributed by atoms with van der Waals surface area (Å²) < 4.78 is 2.53. The van der Waals surface area contributed by atoms with Crippen LogP contribution in [0.3, 0.4) is 0 Å². The van der Waals surface area contributed by atoms with Crippen LogP contribution in [0.4, 0.5) is 0 Å². The van der Waals surface area contributed by atoms with Gasteiger partial charge in [-0.2, -0.15) is 0 Å². The first-order valence-electron chi connectivity index (χ1n) is 6.93. The van der Waals surface area contributed by atoms with Gasteiger partial charge in [0.25, 0.3) is 5.56 Å². The van der Waals surface area contributed by atoms with Crippen molar-refractivity contribution in [2.45, 2.75) is 26.4 Å². The van der Waals surface area contributed by atoms with Gasteiger partial charge in [-0.1, -0.05) is 13.0 Å². The van der Waals surface area contributed by atoms with Crippen LogP contribution in [-0.4, -0.2) is 14.1 Å². The van der Waals surface area contributed by atoms with Crippen molar-refractivity contribution in [2.75, 3.05) is 0 Å². The molecule has 6 heteroatoms. The molecule has 0 fully saturated rings. The Morgan fingerprint density at radius 3 is 2.67 bits per heavy atom. The Balaban J connectivity index is 2.11. The summed E-state index contributed by atoms with van der Waals surface area (Å²) in [5, 5.41) is 3.22. The number of aromatic nitrogens is 3. The number of hydrogen-bond acceptors (Lipinski definition) is 4. The van der Waals surface area contributed by atoms with Crippen LogP contribution < -0.4 is 16.6 Å². The van der Waals surface area contributed by atoms with Gasteiger partial charge in [0.05, 0.1) is 5.69 Å². The lowest BCUT2D eigenvalue weighted by molar-refractivity contribution is 0.623. The van der Waals surface area contributed by atoms with Crippen LogP contribution in [0.25, 0.3) is 0 Å². The molecule has 112 valence electrons. The number of rotatable bonds is 5. The molecule has 0 radical (unpaired) electrons. The van der Waals surface area contributed by atoms with E-state index in [9.17, 15) is 9.59 Å². The lowest BCUT2D eigenvalue weighted by Crippen LogP contribution is -2.39. The first-order chi connectivity index (χ1) is 10.0. The summed E-state index contributed by atoms with van der Waals surface area (Å²) in [7, 11) is 3.13. The minimum absolute atomic E-state index is 0.262. The molecule has 1 N–H and O–H groups in total. The predicted octanol–water partition coefficient (Wildman–Crippen LogP) is 0.331. The normalized spacial score (nSPS) is 10.8. The zero-order valence-corrected chi connectivity index (χ0v) is 12.6. The third kappa shape index (κ3) is 3.28. The predicted molar refractivity (Wildman–Crippen MR) is 81.1 cm³/mol. The molecule has 2 heterocycles. The minimum atomic E-state index is -0.318. The Bertz CT molecular complexity index is 746. The molecular weight excluding hydrogens is 268 g/mol. The van der Waals surface area contributed by atoms with E-state index >= 15 is 0 Å². The standard InChI is InChI=1S/C15H20N4O2/c1-4-11-6-5-7-17-13(11)9-16-8-12-10-18(2)15(21)19(3)14(12)20/h5-7,10,16H,4,8-9H2,1-3H3. The molecule has 6 nitrogen and oxygen atoms in total. The molecule has 0 unspecified atom stereocenters. The summed E-state index contributed by atoms with van der Waals surface area (Å²) in [5.74, 6) is 0. The molecule has 0 saturated heterocycles. The summed E-state index contributed by atoms with van der Waals surface area (Å²) >= 11 is 0. The van der Waals surface area contributed by atoms with Crippen LogP contribution in [-0.2, 0) is 33.6 Å². The highest BCUT2D eigenvalue weighted by atomic mass is 16.2. The van der Waals surface area contributed by atoms with Gasteiger partial charge in [0, 0.05) is 45.1 Å². The largest absolute Gasteiger partial charge is 0.330 e. The van der Waals surface area contributed by atoms with Crippen LogP contribution in [0.5, 0.6) is 0 Å². The van der Waals surface area contributed by atoms with Gasteiger partial charge in [0.15, 0.2) is 0 Å².